The van der Waals surface area contributed by atoms with Crippen molar-refractivity contribution in [3.63, 3.8) is 0 Å². The number of carboxylic acid groups (broad SMARTS) is 1. The summed E-state index contributed by atoms with van der Waals surface area (Å²) >= 11 is 11.6. The number of alkyl halides is 2. The summed E-state index contributed by atoms with van der Waals surface area (Å²) in [6.45, 7) is 1.58. The molecule has 12 heteroatoms. The summed E-state index contributed by atoms with van der Waals surface area (Å²) in [5.41, 5.74) is 3.30. The minimum atomic E-state index is -1.57. The molecule has 1 N–H and O–H groups in total. The molecule has 0 amide bonds. The third-order valence-corrected chi connectivity index (χ3v) is 8.58. The second-order valence-corrected chi connectivity index (χ2v) is 10.9. The van der Waals surface area contributed by atoms with E-state index in [9.17, 15) is 9.59 Å². The van der Waals surface area contributed by atoms with Gasteiger partial charge < -0.3 is 38.0 Å². The zero-order valence-corrected chi connectivity index (χ0v) is 25.7. The number of esters is 1. The standard InChI is InChI=1S/C29H37Cl2NO9/c1-32(9-7-11-41-29(35)26(31)25(30)28(33)34)10-8-18-15-21(36-2)22(37-3)16-19(18)20(32)12-17-13-23(38-4)27(40-6)24(14-17)39-5/h13-16,20,25-26H,7-12H2,1-6H3/p+1/t20-,25?,26?,32-/m1/s1. The number of quaternary nitrogens is 1. The molecule has 0 fully saturated rings. The Morgan fingerprint density at radius 2 is 1.49 bits per heavy atom. The second-order valence-electron chi connectivity index (χ2n) is 10.00. The Morgan fingerprint density at radius 3 is 2.02 bits per heavy atom. The van der Waals surface area contributed by atoms with Crippen LogP contribution in [0.2, 0.25) is 0 Å². The number of nitrogens with zero attached hydrogens (tertiary/aromatic N) is 1. The number of ether oxygens (including phenoxy) is 6. The number of methoxy groups -OCH3 is 5. The summed E-state index contributed by atoms with van der Waals surface area (Å²) in [6.07, 6.45) is 1.99. The molecule has 0 aromatic heterocycles. The number of fused-ring (bicyclic) bond motifs is 1. The molecule has 4 atom stereocenters. The molecule has 226 valence electrons. The van der Waals surface area contributed by atoms with Gasteiger partial charge in [0.2, 0.25) is 5.75 Å². The normalized spacial score (nSPS) is 19.4. The molecule has 41 heavy (non-hydrogen) atoms. The van der Waals surface area contributed by atoms with E-state index in [-0.39, 0.29) is 12.6 Å². The Hall–Kier alpha value is -3.08. The van der Waals surface area contributed by atoms with Crippen LogP contribution >= 0.6 is 23.2 Å². The Bertz CT molecular complexity index is 1220. The average Bonchev–Trinajstić information content (AvgIpc) is 2.98. The molecule has 1 aliphatic heterocycles. The van der Waals surface area contributed by atoms with Crippen molar-refractivity contribution in [1.29, 1.82) is 0 Å². The van der Waals surface area contributed by atoms with E-state index in [4.69, 9.17) is 56.7 Å². The first kappa shape index (κ1) is 32.4. The predicted molar refractivity (Wildman–Crippen MR) is 154 cm³/mol. The zero-order chi connectivity index (χ0) is 30.3. The van der Waals surface area contributed by atoms with E-state index >= 15 is 0 Å². The van der Waals surface area contributed by atoms with Crippen LogP contribution in [0.3, 0.4) is 0 Å². The van der Waals surface area contributed by atoms with E-state index in [1.807, 2.05) is 24.3 Å². The third kappa shape index (κ3) is 7.23. The van der Waals surface area contributed by atoms with E-state index in [2.05, 4.69) is 7.05 Å². The molecule has 3 rings (SSSR count). The number of carbonyl (C=O) groups is 2. The number of carboxylic acids is 1. The first-order chi connectivity index (χ1) is 19.5. The maximum Gasteiger partial charge on any atom is 0.326 e. The molecule has 10 nitrogen and oxygen atoms in total. The van der Waals surface area contributed by atoms with Gasteiger partial charge in [0.1, 0.15) is 6.04 Å². The van der Waals surface area contributed by atoms with Crippen molar-refractivity contribution in [2.75, 3.05) is 62.3 Å². The highest BCUT2D eigenvalue weighted by atomic mass is 35.5. The molecule has 0 saturated carbocycles. The van der Waals surface area contributed by atoms with Crippen LogP contribution in [0.25, 0.3) is 0 Å². The van der Waals surface area contributed by atoms with Crippen LogP contribution in [0.4, 0.5) is 0 Å². The molecule has 2 aromatic carbocycles. The van der Waals surface area contributed by atoms with Gasteiger partial charge in [-0.1, -0.05) is 0 Å². The summed E-state index contributed by atoms with van der Waals surface area (Å²) in [6, 6.07) is 7.98. The molecule has 2 unspecified atom stereocenters. The predicted octanol–water partition coefficient (Wildman–Crippen LogP) is 4.25. The minimum absolute atomic E-state index is 0.00271. The minimum Gasteiger partial charge on any atom is -0.493 e. The second kappa shape index (κ2) is 14.2. The van der Waals surface area contributed by atoms with Crippen molar-refractivity contribution >= 4 is 35.1 Å². The first-order valence-corrected chi connectivity index (χ1v) is 14.0. The van der Waals surface area contributed by atoms with Crippen LogP contribution in [0.5, 0.6) is 28.7 Å². The van der Waals surface area contributed by atoms with Crippen molar-refractivity contribution < 1.29 is 47.6 Å². The van der Waals surface area contributed by atoms with Crippen LogP contribution < -0.4 is 23.7 Å². The molecular formula is C29H38Cl2NO9+. The summed E-state index contributed by atoms with van der Waals surface area (Å²) in [4.78, 5) is 23.3. The van der Waals surface area contributed by atoms with Gasteiger partial charge >= 0.3 is 11.9 Å². The lowest BCUT2D eigenvalue weighted by atomic mass is 9.86. The Balaban J connectivity index is 1.92. The van der Waals surface area contributed by atoms with Crippen molar-refractivity contribution in [1.82, 2.24) is 0 Å². The fraction of sp³-hybridized carbons (Fsp3) is 0.517. The summed E-state index contributed by atoms with van der Waals surface area (Å²) in [5, 5.41) is 5.96. The van der Waals surface area contributed by atoms with Crippen molar-refractivity contribution in [3.05, 3.63) is 41.0 Å². The number of halogens is 2. The van der Waals surface area contributed by atoms with Crippen LogP contribution in [0.15, 0.2) is 24.3 Å². The highest BCUT2D eigenvalue weighted by Crippen LogP contribution is 2.44. The van der Waals surface area contributed by atoms with Gasteiger partial charge in [0, 0.05) is 24.8 Å². The highest BCUT2D eigenvalue weighted by Gasteiger charge is 2.40. The number of rotatable bonds is 14. The van der Waals surface area contributed by atoms with Crippen LogP contribution in [0, 0.1) is 0 Å². The highest BCUT2D eigenvalue weighted by molar-refractivity contribution is 6.41. The van der Waals surface area contributed by atoms with Crippen LogP contribution in [-0.2, 0) is 27.2 Å². The van der Waals surface area contributed by atoms with E-state index in [1.54, 1.807) is 35.5 Å². The first-order valence-electron chi connectivity index (χ1n) is 13.1. The molecule has 0 saturated heterocycles. The van der Waals surface area contributed by atoms with Crippen molar-refractivity contribution in [3.8, 4) is 28.7 Å². The maximum absolute atomic E-state index is 12.2. The molecule has 1 heterocycles. The van der Waals surface area contributed by atoms with Gasteiger partial charge in [0.15, 0.2) is 33.8 Å². The van der Waals surface area contributed by atoms with Gasteiger partial charge in [-0.25, -0.2) is 0 Å². The quantitative estimate of drug-likeness (QED) is 0.144. The maximum atomic E-state index is 12.2. The molecular weight excluding hydrogens is 577 g/mol. The zero-order valence-electron chi connectivity index (χ0n) is 24.2. The fourth-order valence-electron chi connectivity index (χ4n) is 5.33. The Kier molecular flexibility index (Phi) is 11.2. The smallest absolute Gasteiger partial charge is 0.326 e. The Morgan fingerprint density at radius 1 is 0.902 bits per heavy atom. The SMILES string of the molecule is COc1cc2c(cc1OC)[C@@H](Cc1cc(OC)c(OC)c(OC)c1)[N@+](C)(CCCOC(=O)C(Cl)C(Cl)C(=O)O)CC2. The molecule has 1 aliphatic rings. The fourth-order valence-corrected chi connectivity index (χ4v) is 5.60. The number of carbonyl (C=O) groups excluding carboxylic acids is 1. The number of hydrogen-bond acceptors (Lipinski definition) is 8. The van der Waals surface area contributed by atoms with Crippen molar-refractivity contribution in [2.45, 2.75) is 36.1 Å². The number of likely N-dealkylation sites (N-methyl/N-ethyl adjacent to an activating group) is 1. The average molecular weight is 616 g/mol. The molecule has 0 spiro atoms. The summed E-state index contributed by atoms with van der Waals surface area (Å²) < 4.78 is 33.8. The van der Waals surface area contributed by atoms with Gasteiger partial charge in [0.05, 0.1) is 62.3 Å². The van der Waals surface area contributed by atoms with E-state index < -0.39 is 22.7 Å². The van der Waals surface area contributed by atoms with Gasteiger partial charge in [0.25, 0.3) is 0 Å². The Labute approximate surface area is 250 Å². The van der Waals surface area contributed by atoms with E-state index in [0.29, 0.717) is 52.6 Å². The molecule has 0 radical (unpaired) electrons. The van der Waals surface area contributed by atoms with E-state index in [1.165, 1.54) is 5.56 Å². The van der Waals surface area contributed by atoms with Gasteiger partial charge in [-0.3, -0.25) is 9.59 Å². The van der Waals surface area contributed by atoms with Gasteiger partial charge in [-0.05, 0) is 35.4 Å². The molecule has 0 bridgehead atoms. The molecule has 0 aliphatic carbocycles. The van der Waals surface area contributed by atoms with Gasteiger partial charge in [-0.15, -0.1) is 23.2 Å². The lowest BCUT2D eigenvalue weighted by Crippen LogP contribution is -2.52. The summed E-state index contributed by atoms with van der Waals surface area (Å²) in [7, 11) is 10.2. The monoisotopic (exact) mass is 614 g/mol. The van der Waals surface area contributed by atoms with Crippen LogP contribution in [-0.4, -0.2) is 94.6 Å². The number of hydrogen-bond donors (Lipinski definition) is 1. The summed E-state index contributed by atoms with van der Waals surface area (Å²) in [5.74, 6) is 0.748. The van der Waals surface area contributed by atoms with Gasteiger partial charge in [-0.2, -0.15) is 0 Å². The van der Waals surface area contributed by atoms with E-state index in [0.717, 1.165) is 24.1 Å². The topological polar surface area (TPSA) is 110 Å². The van der Waals surface area contributed by atoms with Crippen molar-refractivity contribution in [2.24, 2.45) is 0 Å². The van der Waals surface area contributed by atoms with Crippen LogP contribution in [0.1, 0.15) is 29.2 Å². The lowest BCUT2D eigenvalue weighted by molar-refractivity contribution is -0.941. The molecule has 2 aromatic rings. The number of aliphatic carboxylic acids is 1. The largest absolute Gasteiger partial charge is 0.493 e. The third-order valence-electron chi connectivity index (χ3n) is 7.58. The lowest BCUT2D eigenvalue weighted by Gasteiger charge is -2.46. The number of benzene rings is 2.